The van der Waals surface area contributed by atoms with Crippen LogP contribution in [0.25, 0.3) is 5.69 Å². The molecular formula is C21H28FN5OS. The Morgan fingerprint density at radius 1 is 1.07 bits per heavy atom. The van der Waals surface area contributed by atoms with Crippen LogP contribution in [-0.4, -0.2) is 48.9 Å². The average molecular weight is 418 g/mol. The summed E-state index contributed by atoms with van der Waals surface area (Å²) in [6.45, 7) is 0. The zero-order valence-corrected chi connectivity index (χ0v) is 17.5. The van der Waals surface area contributed by atoms with Gasteiger partial charge in [-0.25, -0.2) is 4.39 Å². The summed E-state index contributed by atoms with van der Waals surface area (Å²) in [5.74, 6) is 0.149. The Kier molecular flexibility index (Phi) is 6.79. The fourth-order valence-electron chi connectivity index (χ4n) is 4.66. The molecule has 0 N–H and O–H groups in total. The Hall–Kier alpha value is -1.96. The highest BCUT2D eigenvalue weighted by atomic mass is 32.2. The second-order valence-electron chi connectivity index (χ2n) is 8.03. The van der Waals surface area contributed by atoms with Crippen LogP contribution in [0.4, 0.5) is 4.39 Å². The zero-order valence-electron chi connectivity index (χ0n) is 16.7. The van der Waals surface area contributed by atoms with Crippen LogP contribution in [-0.2, 0) is 4.79 Å². The third kappa shape index (κ3) is 4.97. The molecule has 156 valence electrons. The molecule has 0 bridgehead atoms. The van der Waals surface area contributed by atoms with Crippen LogP contribution in [0.1, 0.15) is 64.2 Å². The van der Waals surface area contributed by atoms with Gasteiger partial charge in [0.25, 0.3) is 0 Å². The summed E-state index contributed by atoms with van der Waals surface area (Å²) in [6, 6.07) is 6.90. The summed E-state index contributed by atoms with van der Waals surface area (Å²) < 4.78 is 15.1. The predicted molar refractivity (Wildman–Crippen MR) is 110 cm³/mol. The topological polar surface area (TPSA) is 63.9 Å². The van der Waals surface area contributed by atoms with Crippen molar-refractivity contribution in [1.29, 1.82) is 0 Å². The Balaban J connectivity index is 1.46. The number of hydrogen-bond acceptors (Lipinski definition) is 5. The Morgan fingerprint density at radius 3 is 2.34 bits per heavy atom. The predicted octanol–water partition coefficient (Wildman–Crippen LogP) is 4.39. The van der Waals surface area contributed by atoms with Crippen LogP contribution in [0.5, 0.6) is 0 Å². The highest BCUT2D eigenvalue weighted by Gasteiger charge is 2.32. The molecule has 0 saturated heterocycles. The molecular weight excluding hydrogens is 389 g/mol. The van der Waals surface area contributed by atoms with Crippen molar-refractivity contribution in [2.24, 2.45) is 0 Å². The van der Waals surface area contributed by atoms with Gasteiger partial charge in [0.2, 0.25) is 11.1 Å². The maximum Gasteiger partial charge on any atom is 0.233 e. The number of benzene rings is 1. The molecule has 1 heterocycles. The molecule has 8 heteroatoms. The number of tetrazole rings is 1. The van der Waals surface area contributed by atoms with E-state index in [4.69, 9.17) is 0 Å². The van der Waals surface area contributed by atoms with E-state index >= 15 is 0 Å². The van der Waals surface area contributed by atoms with Gasteiger partial charge in [0.15, 0.2) is 0 Å². The Morgan fingerprint density at radius 2 is 1.72 bits per heavy atom. The fourth-order valence-corrected chi connectivity index (χ4v) is 5.42. The van der Waals surface area contributed by atoms with E-state index in [9.17, 15) is 9.18 Å². The molecule has 0 aliphatic heterocycles. The van der Waals surface area contributed by atoms with Crippen molar-refractivity contribution in [2.75, 3.05) is 5.75 Å². The number of carbonyl (C=O) groups is 1. The first-order valence-electron chi connectivity index (χ1n) is 10.7. The number of halogens is 1. The van der Waals surface area contributed by atoms with Gasteiger partial charge in [0.1, 0.15) is 5.82 Å². The highest BCUT2D eigenvalue weighted by Crippen LogP contribution is 2.31. The van der Waals surface area contributed by atoms with Gasteiger partial charge in [-0.2, -0.15) is 4.68 Å². The molecule has 0 spiro atoms. The standard InChI is InChI=1S/C21H28FN5OS/c22-16-8-7-13-19(14-16)27-21(23-24-25-27)29-15-20(28)26(17-9-3-1-4-10-17)18-11-5-2-6-12-18/h7-8,13-14,17-18H,1-6,9-12,15H2. The number of aromatic nitrogens is 4. The van der Waals surface area contributed by atoms with E-state index in [1.807, 2.05) is 0 Å². The van der Waals surface area contributed by atoms with E-state index in [1.54, 1.807) is 12.1 Å². The molecule has 1 aromatic heterocycles. The van der Waals surface area contributed by atoms with E-state index in [-0.39, 0.29) is 11.7 Å². The fraction of sp³-hybridized carbons (Fsp3) is 0.619. The number of hydrogen-bond donors (Lipinski definition) is 0. The molecule has 4 rings (SSSR count). The van der Waals surface area contributed by atoms with E-state index < -0.39 is 0 Å². The first-order valence-corrected chi connectivity index (χ1v) is 11.7. The van der Waals surface area contributed by atoms with Gasteiger partial charge in [-0.15, -0.1) is 5.10 Å². The van der Waals surface area contributed by atoms with Crippen molar-refractivity contribution in [3.63, 3.8) is 0 Å². The number of rotatable bonds is 6. The van der Waals surface area contributed by atoms with Crippen molar-refractivity contribution in [3.05, 3.63) is 30.1 Å². The molecule has 2 saturated carbocycles. The summed E-state index contributed by atoms with van der Waals surface area (Å²) in [7, 11) is 0. The van der Waals surface area contributed by atoms with Crippen LogP contribution < -0.4 is 0 Å². The quantitative estimate of drug-likeness (QED) is 0.653. The van der Waals surface area contributed by atoms with Crippen molar-refractivity contribution in [1.82, 2.24) is 25.1 Å². The number of thioether (sulfide) groups is 1. The van der Waals surface area contributed by atoms with E-state index in [0.717, 1.165) is 25.7 Å². The molecule has 0 unspecified atom stereocenters. The van der Waals surface area contributed by atoms with Gasteiger partial charge in [-0.05, 0) is 54.3 Å². The zero-order chi connectivity index (χ0) is 20.1. The molecule has 2 fully saturated rings. The van der Waals surface area contributed by atoms with Gasteiger partial charge >= 0.3 is 0 Å². The third-order valence-corrected chi connectivity index (χ3v) is 6.95. The van der Waals surface area contributed by atoms with Gasteiger partial charge in [0.05, 0.1) is 11.4 Å². The third-order valence-electron chi connectivity index (χ3n) is 6.04. The second-order valence-corrected chi connectivity index (χ2v) is 8.97. The number of nitrogens with zero attached hydrogens (tertiary/aromatic N) is 5. The van der Waals surface area contributed by atoms with Gasteiger partial charge in [-0.3, -0.25) is 4.79 Å². The lowest BCUT2D eigenvalue weighted by molar-refractivity contribution is -0.135. The maximum absolute atomic E-state index is 13.6. The van der Waals surface area contributed by atoms with Crippen LogP contribution in [0.3, 0.4) is 0 Å². The van der Waals surface area contributed by atoms with E-state index in [2.05, 4.69) is 20.4 Å². The minimum absolute atomic E-state index is 0.183. The Labute approximate surface area is 175 Å². The molecule has 1 amide bonds. The second kappa shape index (κ2) is 9.69. The number of amides is 1. The lowest BCUT2D eigenvalue weighted by atomic mass is 9.88. The molecule has 0 radical (unpaired) electrons. The molecule has 2 aromatic rings. The lowest BCUT2D eigenvalue weighted by Gasteiger charge is -2.41. The molecule has 2 aliphatic carbocycles. The van der Waals surface area contributed by atoms with Crippen LogP contribution in [0, 0.1) is 5.82 Å². The first kappa shape index (κ1) is 20.3. The maximum atomic E-state index is 13.6. The van der Waals surface area contributed by atoms with Gasteiger partial charge in [-0.1, -0.05) is 56.4 Å². The van der Waals surface area contributed by atoms with Crippen molar-refractivity contribution < 1.29 is 9.18 Å². The minimum atomic E-state index is -0.342. The summed E-state index contributed by atoms with van der Waals surface area (Å²) in [6.07, 6.45) is 11.9. The highest BCUT2D eigenvalue weighted by molar-refractivity contribution is 7.99. The van der Waals surface area contributed by atoms with Crippen LogP contribution >= 0.6 is 11.8 Å². The molecule has 29 heavy (non-hydrogen) atoms. The average Bonchev–Trinajstić information content (AvgIpc) is 3.23. The largest absolute Gasteiger partial charge is 0.336 e. The van der Waals surface area contributed by atoms with Crippen molar-refractivity contribution in [2.45, 2.75) is 81.4 Å². The molecule has 6 nitrogen and oxygen atoms in total. The van der Waals surface area contributed by atoms with Gasteiger partial charge in [0, 0.05) is 12.1 Å². The summed E-state index contributed by atoms with van der Waals surface area (Å²) in [5, 5.41) is 12.3. The van der Waals surface area contributed by atoms with E-state index in [0.29, 0.717) is 28.7 Å². The first-order chi connectivity index (χ1) is 14.2. The van der Waals surface area contributed by atoms with Crippen LogP contribution in [0.15, 0.2) is 29.4 Å². The molecule has 1 aromatic carbocycles. The normalized spacial score (nSPS) is 18.7. The monoisotopic (exact) mass is 417 g/mol. The number of carbonyl (C=O) groups excluding carboxylic acids is 1. The SMILES string of the molecule is O=C(CSc1nnnn1-c1cccc(F)c1)N(C1CCCCC1)C1CCCCC1. The van der Waals surface area contributed by atoms with Crippen molar-refractivity contribution >= 4 is 17.7 Å². The summed E-state index contributed by atoms with van der Waals surface area (Å²) in [4.78, 5) is 15.5. The Bertz CT molecular complexity index is 799. The molecule has 0 atom stereocenters. The smallest absolute Gasteiger partial charge is 0.233 e. The van der Waals surface area contributed by atoms with Crippen molar-refractivity contribution in [3.8, 4) is 5.69 Å². The minimum Gasteiger partial charge on any atom is -0.336 e. The summed E-state index contributed by atoms with van der Waals surface area (Å²) in [5.41, 5.74) is 0.557. The molecule has 2 aliphatic rings. The van der Waals surface area contributed by atoms with E-state index in [1.165, 1.54) is 67.1 Å². The van der Waals surface area contributed by atoms with Gasteiger partial charge < -0.3 is 4.90 Å². The summed E-state index contributed by atoms with van der Waals surface area (Å²) >= 11 is 1.33. The van der Waals surface area contributed by atoms with Crippen LogP contribution in [0.2, 0.25) is 0 Å². The lowest BCUT2D eigenvalue weighted by Crippen LogP contribution is -2.49.